The summed E-state index contributed by atoms with van der Waals surface area (Å²) in [5.74, 6) is 0. The van der Waals surface area contributed by atoms with E-state index in [4.69, 9.17) is 0 Å². The molecule has 0 saturated heterocycles. The van der Waals surface area contributed by atoms with Crippen LogP contribution in [0.15, 0.2) is 30.6 Å². The van der Waals surface area contributed by atoms with Gasteiger partial charge in [-0.05, 0) is 32.9 Å². The first-order valence-electron chi connectivity index (χ1n) is 6.72. The Morgan fingerprint density at radius 2 is 2.20 bits per heavy atom. The zero-order valence-corrected chi connectivity index (χ0v) is 12.7. The van der Waals surface area contributed by atoms with Gasteiger partial charge in [-0.2, -0.15) is 5.10 Å². The highest BCUT2D eigenvalue weighted by atomic mass is 32.1. The van der Waals surface area contributed by atoms with Gasteiger partial charge in [-0.25, -0.2) is 9.50 Å². The standard InChI is InChI=1S/C15H18N4S/c1-10-6-15-17-8-13(9-19(15)18-10)7-16-12(3)14-5-4-11(2)20-14/h4-6,8-9,12,16H,7H2,1-3H3. The Labute approximate surface area is 122 Å². The maximum atomic E-state index is 4.42. The lowest BCUT2D eigenvalue weighted by Gasteiger charge is -2.12. The Morgan fingerprint density at radius 1 is 1.35 bits per heavy atom. The van der Waals surface area contributed by atoms with Crippen molar-refractivity contribution in [3.63, 3.8) is 0 Å². The van der Waals surface area contributed by atoms with E-state index in [0.717, 1.165) is 23.4 Å². The molecule has 1 unspecified atom stereocenters. The molecule has 0 aliphatic rings. The normalized spacial score (nSPS) is 12.9. The third kappa shape index (κ3) is 2.73. The van der Waals surface area contributed by atoms with Crippen LogP contribution in [0.3, 0.4) is 0 Å². The van der Waals surface area contributed by atoms with Gasteiger partial charge in [-0.3, -0.25) is 0 Å². The summed E-state index contributed by atoms with van der Waals surface area (Å²) in [6.07, 6.45) is 3.95. The van der Waals surface area contributed by atoms with E-state index in [9.17, 15) is 0 Å². The monoisotopic (exact) mass is 286 g/mol. The van der Waals surface area contributed by atoms with Gasteiger partial charge in [-0.1, -0.05) is 0 Å². The number of aromatic nitrogens is 3. The summed E-state index contributed by atoms with van der Waals surface area (Å²) in [5.41, 5.74) is 3.03. The Bertz CT molecular complexity index is 728. The lowest BCUT2D eigenvalue weighted by Crippen LogP contribution is -2.17. The number of fused-ring (bicyclic) bond motifs is 1. The third-order valence-corrected chi connectivity index (χ3v) is 4.47. The van der Waals surface area contributed by atoms with Crippen LogP contribution in [0.5, 0.6) is 0 Å². The summed E-state index contributed by atoms with van der Waals surface area (Å²) in [6, 6.07) is 6.69. The number of rotatable bonds is 4. The van der Waals surface area contributed by atoms with Gasteiger partial charge in [0.2, 0.25) is 0 Å². The largest absolute Gasteiger partial charge is 0.305 e. The molecule has 0 fully saturated rings. The molecule has 5 heteroatoms. The SMILES string of the molecule is Cc1cc2ncc(CNC(C)c3ccc(C)s3)cn2n1. The Kier molecular flexibility index (Phi) is 3.54. The smallest absolute Gasteiger partial charge is 0.155 e. The van der Waals surface area contributed by atoms with Crippen LogP contribution in [-0.2, 0) is 6.54 Å². The van der Waals surface area contributed by atoms with Crippen molar-refractivity contribution in [1.82, 2.24) is 19.9 Å². The second-order valence-electron chi connectivity index (χ2n) is 5.10. The highest BCUT2D eigenvalue weighted by Gasteiger charge is 2.07. The molecule has 0 aliphatic carbocycles. The summed E-state index contributed by atoms with van der Waals surface area (Å²) < 4.78 is 1.84. The number of nitrogens with zero attached hydrogens (tertiary/aromatic N) is 3. The van der Waals surface area contributed by atoms with E-state index in [0.29, 0.717) is 6.04 Å². The minimum absolute atomic E-state index is 0.351. The van der Waals surface area contributed by atoms with Crippen molar-refractivity contribution in [2.45, 2.75) is 33.4 Å². The highest BCUT2D eigenvalue weighted by Crippen LogP contribution is 2.22. The van der Waals surface area contributed by atoms with E-state index in [1.165, 1.54) is 9.75 Å². The minimum Gasteiger partial charge on any atom is -0.305 e. The van der Waals surface area contributed by atoms with Crippen LogP contribution in [0.4, 0.5) is 0 Å². The van der Waals surface area contributed by atoms with Crippen molar-refractivity contribution in [2.75, 3.05) is 0 Å². The van der Waals surface area contributed by atoms with Crippen molar-refractivity contribution < 1.29 is 0 Å². The zero-order chi connectivity index (χ0) is 14.1. The van der Waals surface area contributed by atoms with E-state index < -0.39 is 0 Å². The molecular weight excluding hydrogens is 268 g/mol. The zero-order valence-electron chi connectivity index (χ0n) is 11.9. The molecule has 3 rings (SSSR count). The van der Waals surface area contributed by atoms with Gasteiger partial charge in [0.25, 0.3) is 0 Å². The van der Waals surface area contributed by atoms with Crippen LogP contribution in [0, 0.1) is 13.8 Å². The quantitative estimate of drug-likeness (QED) is 0.800. The fourth-order valence-electron chi connectivity index (χ4n) is 2.18. The molecule has 0 radical (unpaired) electrons. The molecule has 0 aliphatic heterocycles. The summed E-state index contributed by atoms with van der Waals surface area (Å²) in [7, 11) is 0. The molecule has 4 nitrogen and oxygen atoms in total. The average Bonchev–Trinajstić information content (AvgIpc) is 3.00. The third-order valence-electron chi connectivity index (χ3n) is 3.29. The van der Waals surface area contributed by atoms with Crippen molar-refractivity contribution in [3.8, 4) is 0 Å². The average molecular weight is 286 g/mol. The number of hydrogen-bond donors (Lipinski definition) is 1. The molecule has 0 bridgehead atoms. The molecule has 0 spiro atoms. The van der Waals surface area contributed by atoms with Gasteiger partial charge in [-0.15, -0.1) is 11.3 Å². The Balaban J connectivity index is 1.70. The Morgan fingerprint density at radius 3 is 2.95 bits per heavy atom. The molecule has 3 aromatic heterocycles. The number of thiophene rings is 1. The molecule has 1 N–H and O–H groups in total. The number of aryl methyl sites for hydroxylation is 2. The van der Waals surface area contributed by atoms with E-state index in [1.807, 2.05) is 41.2 Å². The fourth-order valence-corrected chi connectivity index (χ4v) is 3.09. The second-order valence-corrected chi connectivity index (χ2v) is 6.42. The molecule has 0 amide bonds. The highest BCUT2D eigenvalue weighted by molar-refractivity contribution is 7.12. The van der Waals surface area contributed by atoms with Gasteiger partial charge >= 0.3 is 0 Å². The molecule has 104 valence electrons. The summed E-state index contributed by atoms with van der Waals surface area (Å²) in [5, 5.41) is 7.92. The van der Waals surface area contributed by atoms with Gasteiger partial charge < -0.3 is 5.32 Å². The number of nitrogens with one attached hydrogen (secondary N) is 1. The van der Waals surface area contributed by atoms with Gasteiger partial charge in [0.1, 0.15) is 0 Å². The van der Waals surface area contributed by atoms with E-state index in [2.05, 4.69) is 41.4 Å². The van der Waals surface area contributed by atoms with E-state index in [1.54, 1.807) is 0 Å². The predicted molar refractivity (Wildman–Crippen MR) is 82.0 cm³/mol. The summed E-state index contributed by atoms with van der Waals surface area (Å²) >= 11 is 1.84. The molecule has 3 aromatic rings. The van der Waals surface area contributed by atoms with Gasteiger partial charge in [0.15, 0.2) is 5.65 Å². The summed E-state index contributed by atoms with van der Waals surface area (Å²) in [6.45, 7) is 7.10. The first kappa shape index (κ1) is 13.3. The Hall–Kier alpha value is -1.72. The van der Waals surface area contributed by atoms with Gasteiger partial charge in [0, 0.05) is 46.4 Å². The van der Waals surface area contributed by atoms with Crippen molar-refractivity contribution in [1.29, 1.82) is 0 Å². The van der Waals surface area contributed by atoms with Crippen LogP contribution in [-0.4, -0.2) is 14.6 Å². The first-order chi connectivity index (χ1) is 9.61. The molecule has 20 heavy (non-hydrogen) atoms. The molecule has 0 saturated carbocycles. The minimum atomic E-state index is 0.351. The lowest BCUT2D eigenvalue weighted by molar-refractivity contribution is 0.580. The topological polar surface area (TPSA) is 42.2 Å². The maximum absolute atomic E-state index is 4.42. The van der Waals surface area contributed by atoms with Crippen molar-refractivity contribution in [2.24, 2.45) is 0 Å². The lowest BCUT2D eigenvalue weighted by atomic mass is 10.2. The fraction of sp³-hybridized carbons (Fsp3) is 0.333. The van der Waals surface area contributed by atoms with Crippen molar-refractivity contribution >= 4 is 17.0 Å². The van der Waals surface area contributed by atoms with E-state index in [-0.39, 0.29) is 0 Å². The molecule has 3 heterocycles. The first-order valence-corrected chi connectivity index (χ1v) is 7.54. The van der Waals surface area contributed by atoms with Crippen LogP contribution >= 0.6 is 11.3 Å². The molecular formula is C15H18N4S. The molecule has 1 atom stereocenters. The van der Waals surface area contributed by atoms with Gasteiger partial charge in [0.05, 0.1) is 5.69 Å². The number of hydrogen-bond acceptors (Lipinski definition) is 4. The molecule has 0 aromatic carbocycles. The van der Waals surface area contributed by atoms with Crippen LogP contribution in [0.1, 0.15) is 34.0 Å². The van der Waals surface area contributed by atoms with Crippen molar-refractivity contribution in [3.05, 3.63) is 51.6 Å². The van der Waals surface area contributed by atoms with Crippen LogP contribution in [0.25, 0.3) is 5.65 Å². The van der Waals surface area contributed by atoms with Crippen LogP contribution in [0.2, 0.25) is 0 Å². The second kappa shape index (κ2) is 5.34. The summed E-state index contributed by atoms with van der Waals surface area (Å²) in [4.78, 5) is 7.14. The maximum Gasteiger partial charge on any atom is 0.155 e. The van der Waals surface area contributed by atoms with E-state index >= 15 is 0 Å². The van der Waals surface area contributed by atoms with Crippen LogP contribution < -0.4 is 5.32 Å². The predicted octanol–water partition coefficient (Wildman–Crippen LogP) is 3.26.